The second kappa shape index (κ2) is 7.91. The minimum atomic E-state index is 0.707. The molecule has 0 aliphatic carbocycles. The Bertz CT molecular complexity index is 775. The van der Waals surface area contributed by atoms with E-state index in [0.29, 0.717) is 10.0 Å². The van der Waals surface area contributed by atoms with E-state index < -0.39 is 0 Å². The van der Waals surface area contributed by atoms with Crippen LogP contribution >= 0.6 is 23.2 Å². The molecule has 0 atom stereocenters. The quantitative estimate of drug-likeness (QED) is 0.479. The Kier molecular flexibility index (Phi) is 5.42. The fourth-order valence-corrected chi connectivity index (χ4v) is 2.27. The first-order valence-electron chi connectivity index (χ1n) is 7.38. The van der Waals surface area contributed by atoms with Gasteiger partial charge in [-0.15, -0.1) is 0 Å². The van der Waals surface area contributed by atoms with Gasteiger partial charge in [0.2, 0.25) is 0 Å². The van der Waals surface area contributed by atoms with Gasteiger partial charge in [-0.25, -0.2) is 0 Å². The molecule has 3 aromatic rings. The number of aliphatic imine (C=N–C) groups is 2. The number of benzene rings is 3. The van der Waals surface area contributed by atoms with E-state index in [1.54, 1.807) is 0 Å². The van der Waals surface area contributed by atoms with Crippen molar-refractivity contribution in [2.24, 2.45) is 9.98 Å². The Hall–Kier alpha value is -2.42. The van der Waals surface area contributed by atoms with Crippen LogP contribution in [0.5, 0.6) is 0 Å². The molecule has 0 aliphatic heterocycles. The van der Waals surface area contributed by atoms with Crippen molar-refractivity contribution in [1.29, 1.82) is 0 Å². The first-order valence-corrected chi connectivity index (χ1v) is 8.14. The molecule has 0 amide bonds. The van der Waals surface area contributed by atoms with Gasteiger partial charge in [0.1, 0.15) is 0 Å². The van der Waals surface area contributed by atoms with Gasteiger partial charge in [-0.3, -0.25) is 9.98 Å². The van der Waals surface area contributed by atoms with Crippen molar-refractivity contribution >= 4 is 47.0 Å². The number of rotatable bonds is 4. The van der Waals surface area contributed by atoms with Crippen LogP contribution in [0.3, 0.4) is 0 Å². The monoisotopic (exact) mass is 352 g/mol. The Labute approximate surface area is 151 Å². The summed E-state index contributed by atoms with van der Waals surface area (Å²) in [6, 6.07) is 22.8. The molecule has 2 nitrogen and oxygen atoms in total. The first-order chi connectivity index (χ1) is 11.7. The lowest BCUT2D eigenvalue weighted by atomic mass is 10.1. The van der Waals surface area contributed by atoms with Crippen molar-refractivity contribution in [2.45, 2.75) is 0 Å². The molecule has 3 rings (SSSR count). The Balaban J connectivity index is 1.66. The smallest absolute Gasteiger partial charge is 0.0630 e. The molecular weight excluding hydrogens is 339 g/mol. The Morgan fingerprint density at radius 1 is 0.500 bits per heavy atom. The van der Waals surface area contributed by atoms with Gasteiger partial charge in [-0.1, -0.05) is 47.5 Å². The van der Waals surface area contributed by atoms with Gasteiger partial charge in [-0.05, 0) is 59.7 Å². The predicted octanol–water partition coefficient (Wildman–Crippen LogP) is 6.49. The SMILES string of the molecule is Clc1ccc(N=Cc2ccc(C=Nc3ccc(Cl)cc3)cc2)cc1. The van der Waals surface area contributed by atoms with Crippen LogP contribution in [0, 0.1) is 0 Å². The summed E-state index contributed by atoms with van der Waals surface area (Å²) in [6.45, 7) is 0. The third-order valence-corrected chi connectivity index (χ3v) is 3.82. The first kappa shape index (κ1) is 16.4. The molecule has 3 aromatic carbocycles. The van der Waals surface area contributed by atoms with Crippen LogP contribution in [0.1, 0.15) is 11.1 Å². The third-order valence-electron chi connectivity index (χ3n) is 3.32. The highest BCUT2D eigenvalue weighted by Gasteiger charge is 1.93. The third kappa shape index (κ3) is 4.79. The lowest BCUT2D eigenvalue weighted by Gasteiger charge is -1.97. The van der Waals surface area contributed by atoms with Gasteiger partial charge in [0.25, 0.3) is 0 Å². The molecule has 0 spiro atoms. The molecule has 0 bridgehead atoms. The molecular formula is C20H14Cl2N2. The molecule has 0 N–H and O–H groups in total. The highest BCUT2D eigenvalue weighted by molar-refractivity contribution is 6.30. The van der Waals surface area contributed by atoms with Crippen molar-refractivity contribution < 1.29 is 0 Å². The highest BCUT2D eigenvalue weighted by atomic mass is 35.5. The van der Waals surface area contributed by atoms with E-state index in [4.69, 9.17) is 23.2 Å². The van der Waals surface area contributed by atoms with Crippen LogP contribution in [0.4, 0.5) is 11.4 Å². The van der Waals surface area contributed by atoms with E-state index in [1.165, 1.54) is 0 Å². The zero-order valence-electron chi connectivity index (χ0n) is 12.7. The fraction of sp³-hybridized carbons (Fsp3) is 0. The van der Waals surface area contributed by atoms with Crippen LogP contribution in [0.2, 0.25) is 10.0 Å². The molecule has 0 heterocycles. The van der Waals surface area contributed by atoms with Crippen LogP contribution in [0.25, 0.3) is 0 Å². The van der Waals surface area contributed by atoms with Gasteiger partial charge in [0, 0.05) is 22.5 Å². The van der Waals surface area contributed by atoms with Crippen molar-refractivity contribution in [3.63, 3.8) is 0 Å². The largest absolute Gasteiger partial charge is 0.256 e. The standard InChI is InChI=1S/C20H14Cl2N2/c21-17-5-9-19(10-6-17)23-13-15-1-2-16(4-3-15)14-24-20-11-7-18(22)8-12-20/h1-14H. The molecule has 0 radical (unpaired) electrons. The Morgan fingerprint density at radius 3 is 1.17 bits per heavy atom. The summed E-state index contributed by atoms with van der Waals surface area (Å²) < 4.78 is 0. The minimum Gasteiger partial charge on any atom is -0.256 e. The molecule has 0 aromatic heterocycles. The van der Waals surface area contributed by atoms with E-state index in [9.17, 15) is 0 Å². The minimum absolute atomic E-state index is 0.707. The van der Waals surface area contributed by atoms with E-state index in [2.05, 4.69) is 9.98 Å². The lowest BCUT2D eigenvalue weighted by molar-refractivity contribution is 1.51. The van der Waals surface area contributed by atoms with Gasteiger partial charge < -0.3 is 0 Å². The van der Waals surface area contributed by atoms with Gasteiger partial charge in [0.15, 0.2) is 0 Å². The molecule has 0 saturated carbocycles. The molecule has 118 valence electrons. The summed E-state index contributed by atoms with van der Waals surface area (Å²) in [7, 11) is 0. The maximum absolute atomic E-state index is 5.86. The van der Waals surface area contributed by atoms with Crippen LogP contribution in [0.15, 0.2) is 82.8 Å². The summed E-state index contributed by atoms with van der Waals surface area (Å²) in [4.78, 5) is 8.84. The van der Waals surface area contributed by atoms with Crippen molar-refractivity contribution in [3.05, 3.63) is 94.0 Å². The van der Waals surface area contributed by atoms with E-state index in [-0.39, 0.29) is 0 Å². The maximum atomic E-state index is 5.86. The maximum Gasteiger partial charge on any atom is 0.0630 e. The van der Waals surface area contributed by atoms with E-state index in [1.807, 2.05) is 85.2 Å². The van der Waals surface area contributed by atoms with E-state index >= 15 is 0 Å². The summed E-state index contributed by atoms with van der Waals surface area (Å²) in [5, 5.41) is 1.41. The molecule has 4 heteroatoms. The average Bonchev–Trinajstić information content (AvgIpc) is 2.62. The number of hydrogen-bond acceptors (Lipinski definition) is 2. The molecule has 0 saturated heterocycles. The molecule has 0 fully saturated rings. The number of hydrogen-bond donors (Lipinski definition) is 0. The molecule has 0 unspecified atom stereocenters. The number of nitrogens with zero attached hydrogens (tertiary/aromatic N) is 2. The number of halogens is 2. The highest BCUT2D eigenvalue weighted by Crippen LogP contribution is 2.17. The van der Waals surface area contributed by atoms with Crippen molar-refractivity contribution in [2.75, 3.05) is 0 Å². The second-order valence-electron chi connectivity index (χ2n) is 5.14. The predicted molar refractivity (Wildman–Crippen MR) is 104 cm³/mol. The van der Waals surface area contributed by atoms with Crippen LogP contribution in [-0.2, 0) is 0 Å². The topological polar surface area (TPSA) is 24.7 Å². The summed E-state index contributed by atoms with van der Waals surface area (Å²) in [6.07, 6.45) is 3.65. The van der Waals surface area contributed by atoms with Crippen molar-refractivity contribution in [1.82, 2.24) is 0 Å². The van der Waals surface area contributed by atoms with Gasteiger partial charge in [-0.2, -0.15) is 0 Å². The molecule has 24 heavy (non-hydrogen) atoms. The fourth-order valence-electron chi connectivity index (χ4n) is 2.02. The zero-order chi connectivity index (χ0) is 16.8. The molecule has 0 aliphatic rings. The van der Waals surface area contributed by atoms with Crippen LogP contribution < -0.4 is 0 Å². The summed E-state index contributed by atoms with van der Waals surface area (Å²) >= 11 is 11.7. The lowest BCUT2D eigenvalue weighted by Crippen LogP contribution is -1.84. The van der Waals surface area contributed by atoms with Crippen molar-refractivity contribution in [3.8, 4) is 0 Å². The van der Waals surface area contributed by atoms with Gasteiger partial charge in [0.05, 0.1) is 11.4 Å². The van der Waals surface area contributed by atoms with E-state index in [0.717, 1.165) is 22.5 Å². The average molecular weight is 353 g/mol. The van der Waals surface area contributed by atoms with Gasteiger partial charge >= 0.3 is 0 Å². The van der Waals surface area contributed by atoms with Crippen LogP contribution in [-0.4, -0.2) is 12.4 Å². The summed E-state index contributed by atoms with van der Waals surface area (Å²) in [5.74, 6) is 0. The Morgan fingerprint density at radius 2 is 0.833 bits per heavy atom. The normalized spacial score (nSPS) is 11.4. The second-order valence-corrected chi connectivity index (χ2v) is 6.01. The summed E-state index contributed by atoms with van der Waals surface area (Å²) in [5.41, 5.74) is 3.78. The zero-order valence-corrected chi connectivity index (χ0v) is 14.2.